The highest BCUT2D eigenvalue weighted by atomic mass is 16.5. The zero-order valence-corrected chi connectivity index (χ0v) is 13.3. The van der Waals surface area contributed by atoms with Crippen LogP contribution in [0.4, 0.5) is 0 Å². The van der Waals surface area contributed by atoms with Crippen LogP contribution in [-0.2, 0) is 22.5 Å². The van der Waals surface area contributed by atoms with E-state index in [1.165, 1.54) is 0 Å². The van der Waals surface area contributed by atoms with Gasteiger partial charge in [-0.25, -0.2) is 15.0 Å². The van der Waals surface area contributed by atoms with Crippen LogP contribution in [0.3, 0.4) is 0 Å². The predicted octanol–water partition coefficient (Wildman–Crippen LogP) is 0.842. The Hall–Kier alpha value is -2.28. The molecule has 0 radical (unpaired) electrons. The Balaban J connectivity index is 1.50. The minimum absolute atomic E-state index is 0.0609. The molecule has 122 valence electrons. The molecule has 3 heterocycles. The Kier molecular flexibility index (Phi) is 4.97. The highest BCUT2D eigenvalue weighted by Gasteiger charge is 2.24. The summed E-state index contributed by atoms with van der Waals surface area (Å²) in [5.41, 5.74) is 1.99. The lowest BCUT2D eigenvalue weighted by molar-refractivity contribution is -0.139. The summed E-state index contributed by atoms with van der Waals surface area (Å²) in [4.78, 5) is 26.5. The van der Waals surface area contributed by atoms with Crippen LogP contribution in [0, 0.1) is 6.92 Å². The number of morpholine rings is 1. The molecule has 1 atom stereocenters. The highest BCUT2D eigenvalue weighted by Crippen LogP contribution is 2.12. The quantitative estimate of drug-likeness (QED) is 0.817. The van der Waals surface area contributed by atoms with Gasteiger partial charge < -0.3 is 14.2 Å². The van der Waals surface area contributed by atoms with E-state index in [0.29, 0.717) is 26.2 Å². The van der Waals surface area contributed by atoms with Crippen LogP contribution in [0.25, 0.3) is 0 Å². The van der Waals surface area contributed by atoms with Crippen molar-refractivity contribution in [1.29, 1.82) is 0 Å². The van der Waals surface area contributed by atoms with Crippen molar-refractivity contribution in [2.75, 3.05) is 19.7 Å². The molecule has 0 aliphatic carbocycles. The van der Waals surface area contributed by atoms with E-state index in [1.54, 1.807) is 29.6 Å². The van der Waals surface area contributed by atoms with Crippen molar-refractivity contribution < 1.29 is 9.53 Å². The molecule has 0 aromatic carbocycles. The third-order valence-corrected chi connectivity index (χ3v) is 3.95. The van der Waals surface area contributed by atoms with Crippen molar-refractivity contribution in [2.24, 2.45) is 0 Å². The van der Waals surface area contributed by atoms with Gasteiger partial charge in [0.25, 0.3) is 0 Å². The zero-order valence-electron chi connectivity index (χ0n) is 13.3. The average molecular weight is 315 g/mol. The maximum Gasteiger partial charge on any atom is 0.242 e. The van der Waals surface area contributed by atoms with Crippen LogP contribution in [0.1, 0.15) is 17.8 Å². The molecule has 2 aromatic heterocycles. The summed E-state index contributed by atoms with van der Waals surface area (Å²) in [6.07, 6.45) is 8.47. The lowest BCUT2D eigenvalue weighted by Crippen LogP contribution is -2.46. The summed E-state index contributed by atoms with van der Waals surface area (Å²) in [7, 11) is 0. The Morgan fingerprint density at radius 3 is 3.13 bits per heavy atom. The minimum Gasteiger partial charge on any atom is -0.375 e. The van der Waals surface area contributed by atoms with E-state index in [0.717, 1.165) is 24.2 Å². The summed E-state index contributed by atoms with van der Waals surface area (Å²) in [5, 5.41) is 0. The zero-order chi connectivity index (χ0) is 16.1. The molecule has 1 amide bonds. The lowest BCUT2D eigenvalue weighted by atomic mass is 10.1. The molecule has 1 aliphatic heterocycles. The number of aromatic nitrogens is 4. The number of carbonyl (C=O) groups is 1. The van der Waals surface area contributed by atoms with Crippen molar-refractivity contribution in [3.05, 3.63) is 42.5 Å². The first-order valence-corrected chi connectivity index (χ1v) is 7.83. The fraction of sp³-hybridized carbons (Fsp3) is 0.500. The Labute approximate surface area is 135 Å². The molecule has 1 aliphatic rings. The molecule has 0 unspecified atom stereocenters. The Morgan fingerprint density at radius 1 is 1.43 bits per heavy atom. The molecule has 7 nitrogen and oxygen atoms in total. The third-order valence-electron chi connectivity index (χ3n) is 3.95. The minimum atomic E-state index is 0.0609. The fourth-order valence-corrected chi connectivity index (χ4v) is 2.71. The fourth-order valence-electron chi connectivity index (χ4n) is 2.71. The first-order chi connectivity index (χ1) is 11.2. The second-order valence-electron chi connectivity index (χ2n) is 5.76. The van der Waals surface area contributed by atoms with E-state index >= 15 is 0 Å². The van der Waals surface area contributed by atoms with E-state index in [2.05, 4.69) is 15.0 Å². The van der Waals surface area contributed by atoms with Gasteiger partial charge in [-0.3, -0.25) is 4.79 Å². The van der Waals surface area contributed by atoms with Crippen molar-refractivity contribution in [3.63, 3.8) is 0 Å². The smallest absolute Gasteiger partial charge is 0.242 e. The first kappa shape index (κ1) is 15.6. The summed E-state index contributed by atoms with van der Waals surface area (Å²) < 4.78 is 7.58. The largest absolute Gasteiger partial charge is 0.375 e. The number of nitrogens with zero attached hydrogens (tertiary/aromatic N) is 5. The van der Waals surface area contributed by atoms with Crippen molar-refractivity contribution in [2.45, 2.75) is 32.4 Å². The molecule has 0 N–H and O–H groups in total. The van der Waals surface area contributed by atoms with E-state index < -0.39 is 0 Å². The normalized spacial score (nSPS) is 18.1. The van der Waals surface area contributed by atoms with Gasteiger partial charge in [-0.2, -0.15) is 0 Å². The van der Waals surface area contributed by atoms with E-state index in [-0.39, 0.29) is 12.0 Å². The molecular weight excluding hydrogens is 294 g/mol. The highest BCUT2D eigenvalue weighted by molar-refractivity contribution is 5.76. The van der Waals surface area contributed by atoms with Crippen LogP contribution in [0.15, 0.2) is 31.1 Å². The predicted molar refractivity (Wildman–Crippen MR) is 83.6 cm³/mol. The molecule has 1 saturated heterocycles. The van der Waals surface area contributed by atoms with Gasteiger partial charge in [0, 0.05) is 36.9 Å². The molecule has 3 rings (SSSR count). The molecule has 0 bridgehead atoms. The second kappa shape index (κ2) is 7.32. The number of hydrogen-bond donors (Lipinski definition) is 0. The molecule has 0 saturated carbocycles. The van der Waals surface area contributed by atoms with Crippen LogP contribution in [0.2, 0.25) is 0 Å². The summed E-state index contributed by atoms with van der Waals surface area (Å²) in [5.74, 6) is 0.106. The second-order valence-corrected chi connectivity index (χ2v) is 5.76. The lowest BCUT2D eigenvalue weighted by Gasteiger charge is -2.33. The number of imidazole rings is 1. The van der Waals surface area contributed by atoms with Crippen LogP contribution >= 0.6 is 0 Å². The Bertz CT molecular complexity index is 644. The van der Waals surface area contributed by atoms with Gasteiger partial charge in [-0.1, -0.05) is 0 Å². The van der Waals surface area contributed by atoms with Gasteiger partial charge in [0.15, 0.2) is 0 Å². The van der Waals surface area contributed by atoms with Gasteiger partial charge in [0.1, 0.15) is 12.9 Å². The van der Waals surface area contributed by atoms with Crippen molar-refractivity contribution in [1.82, 2.24) is 24.4 Å². The van der Waals surface area contributed by atoms with E-state index in [1.807, 2.05) is 17.9 Å². The average Bonchev–Trinajstić information content (AvgIpc) is 3.06. The number of amides is 1. The molecular formula is C16H21N5O2. The number of aryl methyl sites for hydroxylation is 2. The first-order valence-electron chi connectivity index (χ1n) is 7.83. The van der Waals surface area contributed by atoms with E-state index in [4.69, 9.17) is 4.74 Å². The van der Waals surface area contributed by atoms with Gasteiger partial charge >= 0.3 is 0 Å². The van der Waals surface area contributed by atoms with Gasteiger partial charge in [-0.15, -0.1) is 0 Å². The maximum absolute atomic E-state index is 12.3. The van der Waals surface area contributed by atoms with E-state index in [9.17, 15) is 4.79 Å². The number of ether oxygens (including phenoxy) is 1. The van der Waals surface area contributed by atoms with Crippen molar-refractivity contribution in [3.8, 4) is 0 Å². The van der Waals surface area contributed by atoms with Crippen molar-refractivity contribution >= 4 is 5.91 Å². The summed E-state index contributed by atoms with van der Waals surface area (Å²) in [6, 6.07) is 1.99. The topological polar surface area (TPSA) is 73.1 Å². The summed E-state index contributed by atoms with van der Waals surface area (Å²) in [6.45, 7) is 4.16. The Morgan fingerprint density at radius 2 is 2.35 bits per heavy atom. The molecule has 2 aromatic rings. The molecule has 7 heteroatoms. The molecule has 1 fully saturated rings. The number of hydrogen-bond acceptors (Lipinski definition) is 5. The summed E-state index contributed by atoms with van der Waals surface area (Å²) >= 11 is 0. The molecule has 0 spiro atoms. The van der Waals surface area contributed by atoms with Gasteiger partial charge in [-0.05, 0) is 25.8 Å². The third kappa shape index (κ3) is 4.35. The SMILES string of the molecule is Cc1cc(CC[C@@H]2CN(C(=O)Cn3ccnc3)CCO2)ncn1. The molecule has 23 heavy (non-hydrogen) atoms. The monoisotopic (exact) mass is 315 g/mol. The van der Waals surface area contributed by atoms with Gasteiger partial charge in [0.2, 0.25) is 5.91 Å². The van der Waals surface area contributed by atoms with Crippen LogP contribution < -0.4 is 0 Å². The van der Waals surface area contributed by atoms with Crippen LogP contribution in [0.5, 0.6) is 0 Å². The maximum atomic E-state index is 12.3. The van der Waals surface area contributed by atoms with Gasteiger partial charge in [0.05, 0.1) is 19.0 Å². The number of carbonyl (C=O) groups excluding carboxylic acids is 1. The van der Waals surface area contributed by atoms with Crippen LogP contribution in [-0.4, -0.2) is 56.1 Å². The number of rotatable bonds is 5. The standard InChI is InChI=1S/C16H21N5O2/c1-13-8-14(19-11-18-13)2-3-15-9-21(6-7-23-15)16(22)10-20-5-4-17-12-20/h4-5,8,11-12,15H,2-3,6-7,9-10H2,1H3/t15-/m1/s1.